The highest BCUT2D eigenvalue weighted by atomic mass is 19.1. The molecule has 5 heteroatoms. The fraction of sp³-hybridized carbons (Fsp3) is 0.133. The van der Waals surface area contributed by atoms with Crippen LogP contribution in [0.4, 0.5) is 18.9 Å². The van der Waals surface area contributed by atoms with Crippen molar-refractivity contribution in [2.45, 2.75) is 6.42 Å². The minimum Gasteiger partial charge on any atom is -0.385 e. The maximum absolute atomic E-state index is 13.2. The number of anilines is 1. The Kier molecular flexibility index (Phi) is 4.26. The van der Waals surface area contributed by atoms with Gasteiger partial charge in [0.25, 0.3) is 0 Å². The van der Waals surface area contributed by atoms with E-state index in [0.717, 1.165) is 12.1 Å². The Labute approximate surface area is 114 Å². The standard InChI is InChI=1S/C15H11F3N2/c16-12-3-10(4-13(17)7-12)1-2-20-15-6-11(9-19)5-14(18)8-15/h3-8,20H,1-2H2. The summed E-state index contributed by atoms with van der Waals surface area (Å²) in [6.07, 6.45) is 0.382. The number of hydrogen-bond acceptors (Lipinski definition) is 2. The molecule has 0 saturated carbocycles. The van der Waals surface area contributed by atoms with E-state index in [9.17, 15) is 13.2 Å². The molecule has 0 unspecified atom stereocenters. The zero-order valence-corrected chi connectivity index (χ0v) is 10.5. The quantitative estimate of drug-likeness (QED) is 0.925. The number of nitrogens with zero attached hydrogens (tertiary/aromatic N) is 1. The molecule has 0 aliphatic rings. The normalized spacial score (nSPS) is 10.1. The molecule has 0 radical (unpaired) electrons. The molecule has 0 aliphatic carbocycles. The van der Waals surface area contributed by atoms with Crippen molar-refractivity contribution >= 4 is 5.69 Å². The minimum absolute atomic E-state index is 0.212. The highest BCUT2D eigenvalue weighted by Gasteiger charge is 2.02. The summed E-state index contributed by atoms with van der Waals surface area (Å²) in [7, 11) is 0. The molecule has 20 heavy (non-hydrogen) atoms. The van der Waals surface area contributed by atoms with Crippen LogP contribution in [-0.4, -0.2) is 6.54 Å². The second-order valence-corrected chi connectivity index (χ2v) is 4.29. The van der Waals surface area contributed by atoms with E-state index in [1.807, 2.05) is 6.07 Å². The van der Waals surface area contributed by atoms with Gasteiger partial charge in [-0.25, -0.2) is 13.2 Å². The molecule has 0 fully saturated rings. The van der Waals surface area contributed by atoms with Gasteiger partial charge in [-0.3, -0.25) is 0 Å². The zero-order valence-electron chi connectivity index (χ0n) is 10.5. The van der Waals surface area contributed by atoms with Crippen LogP contribution < -0.4 is 5.32 Å². The number of rotatable bonds is 4. The molecule has 0 saturated heterocycles. The van der Waals surface area contributed by atoms with Gasteiger partial charge in [-0.1, -0.05) is 0 Å². The summed E-state index contributed by atoms with van der Waals surface area (Å²) < 4.78 is 39.1. The molecule has 2 rings (SSSR count). The lowest BCUT2D eigenvalue weighted by atomic mass is 10.1. The lowest BCUT2D eigenvalue weighted by Crippen LogP contribution is -2.06. The van der Waals surface area contributed by atoms with Crippen LogP contribution in [0, 0.1) is 28.8 Å². The molecule has 0 atom stereocenters. The van der Waals surface area contributed by atoms with Crippen LogP contribution >= 0.6 is 0 Å². The van der Waals surface area contributed by atoms with E-state index >= 15 is 0 Å². The molecule has 0 aromatic heterocycles. The smallest absolute Gasteiger partial charge is 0.126 e. The van der Waals surface area contributed by atoms with E-state index in [1.54, 1.807) is 0 Å². The molecular weight excluding hydrogens is 265 g/mol. The highest BCUT2D eigenvalue weighted by molar-refractivity contribution is 5.49. The predicted octanol–water partition coefficient (Wildman–Crippen LogP) is 3.63. The summed E-state index contributed by atoms with van der Waals surface area (Å²) in [5, 5.41) is 11.6. The van der Waals surface area contributed by atoms with Gasteiger partial charge in [0, 0.05) is 18.3 Å². The van der Waals surface area contributed by atoms with Gasteiger partial charge in [-0.15, -0.1) is 0 Å². The van der Waals surface area contributed by atoms with Crippen molar-refractivity contribution in [2.75, 3.05) is 11.9 Å². The Morgan fingerprint density at radius 1 is 0.900 bits per heavy atom. The number of halogens is 3. The van der Waals surface area contributed by atoms with E-state index in [1.165, 1.54) is 24.3 Å². The Balaban J connectivity index is 1.99. The summed E-state index contributed by atoms with van der Waals surface area (Å²) in [5.41, 5.74) is 1.18. The van der Waals surface area contributed by atoms with Gasteiger partial charge in [0.1, 0.15) is 17.5 Å². The van der Waals surface area contributed by atoms with Crippen molar-refractivity contribution in [1.82, 2.24) is 0 Å². The van der Waals surface area contributed by atoms with Crippen LogP contribution in [0.1, 0.15) is 11.1 Å². The summed E-state index contributed by atoms with van der Waals surface area (Å²) in [6.45, 7) is 0.372. The van der Waals surface area contributed by atoms with Gasteiger partial charge in [0.2, 0.25) is 0 Å². The first kappa shape index (κ1) is 13.9. The average Bonchev–Trinajstić information content (AvgIpc) is 2.37. The predicted molar refractivity (Wildman–Crippen MR) is 69.7 cm³/mol. The van der Waals surface area contributed by atoms with E-state index in [4.69, 9.17) is 5.26 Å². The third-order valence-corrected chi connectivity index (χ3v) is 2.69. The van der Waals surface area contributed by atoms with Crippen molar-refractivity contribution in [2.24, 2.45) is 0 Å². The average molecular weight is 276 g/mol. The second-order valence-electron chi connectivity index (χ2n) is 4.29. The maximum atomic E-state index is 13.2. The number of nitrogens with one attached hydrogen (secondary N) is 1. The van der Waals surface area contributed by atoms with Crippen LogP contribution in [0.3, 0.4) is 0 Å². The Hall–Kier alpha value is -2.48. The molecule has 2 nitrogen and oxygen atoms in total. The first-order chi connectivity index (χ1) is 9.56. The monoisotopic (exact) mass is 276 g/mol. The number of nitriles is 1. The van der Waals surface area contributed by atoms with E-state index in [-0.39, 0.29) is 5.56 Å². The van der Waals surface area contributed by atoms with Crippen molar-refractivity contribution in [3.63, 3.8) is 0 Å². The van der Waals surface area contributed by atoms with Gasteiger partial charge < -0.3 is 5.32 Å². The van der Waals surface area contributed by atoms with Crippen LogP contribution in [0.5, 0.6) is 0 Å². The van der Waals surface area contributed by atoms with E-state index in [0.29, 0.717) is 24.2 Å². The first-order valence-corrected chi connectivity index (χ1v) is 5.96. The van der Waals surface area contributed by atoms with Crippen LogP contribution in [0.2, 0.25) is 0 Å². The minimum atomic E-state index is -0.627. The van der Waals surface area contributed by atoms with Crippen LogP contribution in [-0.2, 0) is 6.42 Å². The topological polar surface area (TPSA) is 35.8 Å². The molecule has 0 heterocycles. The van der Waals surface area contributed by atoms with Crippen LogP contribution in [0.15, 0.2) is 36.4 Å². The van der Waals surface area contributed by atoms with Gasteiger partial charge in [0.05, 0.1) is 11.6 Å². The summed E-state index contributed by atoms with van der Waals surface area (Å²) in [4.78, 5) is 0. The molecule has 2 aromatic carbocycles. The van der Waals surface area contributed by atoms with Crippen molar-refractivity contribution in [1.29, 1.82) is 5.26 Å². The largest absolute Gasteiger partial charge is 0.385 e. The lowest BCUT2D eigenvalue weighted by molar-refractivity contribution is 0.580. The summed E-state index contributed by atoms with van der Waals surface area (Å²) in [6, 6.07) is 9.05. The molecular formula is C15H11F3N2. The molecule has 102 valence electrons. The summed E-state index contributed by atoms with van der Waals surface area (Å²) >= 11 is 0. The maximum Gasteiger partial charge on any atom is 0.126 e. The Morgan fingerprint density at radius 2 is 1.55 bits per heavy atom. The first-order valence-electron chi connectivity index (χ1n) is 5.96. The molecule has 0 amide bonds. The Morgan fingerprint density at radius 3 is 2.20 bits per heavy atom. The third kappa shape index (κ3) is 3.75. The van der Waals surface area contributed by atoms with Gasteiger partial charge in [-0.05, 0) is 42.3 Å². The third-order valence-electron chi connectivity index (χ3n) is 2.69. The highest BCUT2D eigenvalue weighted by Crippen LogP contribution is 2.14. The molecule has 0 spiro atoms. The van der Waals surface area contributed by atoms with Gasteiger partial charge >= 0.3 is 0 Å². The van der Waals surface area contributed by atoms with Gasteiger partial charge in [-0.2, -0.15) is 5.26 Å². The number of hydrogen-bond donors (Lipinski definition) is 1. The zero-order chi connectivity index (χ0) is 14.5. The fourth-order valence-corrected chi connectivity index (χ4v) is 1.86. The number of benzene rings is 2. The van der Waals surface area contributed by atoms with Crippen molar-refractivity contribution in [3.05, 3.63) is 65.0 Å². The summed E-state index contributed by atoms with van der Waals surface area (Å²) in [5.74, 6) is -1.77. The molecule has 0 bridgehead atoms. The molecule has 0 aliphatic heterocycles. The fourth-order valence-electron chi connectivity index (χ4n) is 1.86. The van der Waals surface area contributed by atoms with Crippen molar-refractivity contribution < 1.29 is 13.2 Å². The second kappa shape index (κ2) is 6.11. The van der Waals surface area contributed by atoms with Crippen LogP contribution in [0.25, 0.3) is 0 Å². The Bertz CT molecular complexity index is 642. The van der Waals surface area contributed by atoms with Crippen molar-refractivity contribution in [3.8, 4) is 6.07 Å². The van der Waals surface area contributed by atoms with E-state index in [2.05, 4.69) is 5.32 Å². The van der Waals surface area contributed by atoms with Gasteiger partial charge in [0.15, 0.2) is 0 Å². The molecule has 1 N–H and O–H groups in total. The lowest BCUT2D eigenvalue weighted by Gasteiger charge is -2.07. The molecule has 2 aromatic rings. The van der Waals surface area contributed by atoms with E-state index < -0.39 is 17.5 Å². The SMILES string of the molecule is N#Cc1cc(F)cc(NCCc2cc(F)cc(F)c2)c1.